The summed E-state index contributed by atoms with van der Waals surface area (Å²) in [5, 5.41) is 14.6. The first kappa shape index (κ1) is 25.3. The van der Waals surface area contributed by atoms with Crippen LogP contribution >= 0.6 is 35.0 Å². The number of rotatable bonds is 9. The lowest BCUT2D eigenvalue weighted by Crippen LogP contribution is -2.13. The number of hydrogen-bond acceptors (Lipinski definition) is 5. The third kappa shape index (κ3) is 6.16. The van der Waals surface area contributed by atoms with Gasteiger partial charge in [-0.3, -0.25) is 9.78 Å². The van der Waals surface area contributed by atoms with Crippen molar-refractivity contribution in [3.8, 4) is 0 Å². The Kier molecular flexibility index (Phi) is 7.51. The summed E-state index contributed by atoms with van der Waals surface area (Å²) in [6.45, 7) is 0. The molecular weight excluding hydrogens is 527 g/mol. The Hall–Kier alpha value is -3.32. The van der Waals surface area contributed by atoms with Crippen LogP contribution < -0.4 is 5.32 Å². The van der Waals surface area contributed by atoms with E-state index in [0.717, 1.165) is 29.0 Å². The number of hydrogen-bond donors (Lipinski definition) is 2. The van der Waals surface area contributed by atoms with Crippen molar-refractivity contribution in [1.29, 1.82) is 0 Å². The molecule has 1 unspecified atom stereocenters. The average molecular weight is 549 g/mol. The van der Waals surface area contributed by atoms with Crippen LogP contribution in [0, 0.1) is 5.92 Å². The predicted molar refractivity (Wildman–Crippen MR) is 147 cm³/mol. The first-order valence-corrected chi connectivity index (χ1v) is 13.3. The zero-order chi connectivity index (χ0) is 25.9. The molecule has 1 aliphatic rings. The van der Waals surface area contributed by atoms with Gasteiger partial charge in [0, 0.05) is 25.4 Å². The summed E-state index contributed by atoms with van der Waals surface area (Å²) in [4.78, 5) is 30.8. The van der Waals surface area contributed by atoms with E-state index in [0.29, 0.717) is 20.9 Å². The summed E-state index contributed by atoms with van der Waals surface area (Å²) < 4.78 is 0. The van der Waals surface area contributed by atoms with Crippen LogP contribution in [-0.2, 0) is 0 Å². The lowest BCUT2D eigenvalue weighted by atomic mass is 10.0. The zero-order valence-corrected chi connectivity index (χ0v) is 21.9. The van der Waals surface area contributed by atoms with Crippen molar-refractivity contribution in [1.82, 2.24) is 4.98 Å². The molecule has 1 heterocycles. The lowest BCUT2D eigenvalue weighted by Gasteiger charge is -2.20. The summed E-state index contributed by atoms with van der Waals surface area (Å²) in [6, 6.07) is 23.3. The summed E-state index contributed by atoms with van der Waals surface area (Å²) in [5.41, 5.74) is 2.51. The van der Waals surface area contributed by atoms with Crippen LogP contribution in [-0.4, -0.2) is 21.8 Å². The molecule has 1 aromatic heterocycles. The number of aromatic nitrogens is 1. The summed E-state index contributed by atoms with van der Waals surface area (Å²) >= 11 is 13.4. The van der Waals surface area contributed by atoms with E-state index in [2.05, 4.69) is 10.3 Å². The second kappa shape index (κ2) is 11.0. The van der Waals surface area contributed by atoms with E-state index >= 15 is 0 Å². The molecule has 2 N–H and O–H groups in total. The molecule has 4 aromatic rings. The molecule has 0 saturated heterocycles. The molecule has 0 radical (unpaired) electrons. The molecule has 37 heavy (non-hydrogen) atoms. The Balaban J connectivity index is 1.33. The number of carboxylic acids is 1. The number of aromatic carboxylic acids is 1. The van der Waals surface area contributed by atoms with Gasteiger partial charge in [-0.15, -0.1) is 0 Å². The molecule has 3 aromatic carbocycles. The molecule has 8 heteroatoms. The Bertz CT molecular complexity index is 1460. The minimum Gasteiger partial charge on any atom is -0.478 e. The van der Waals surface area contributed by atoms with Crippen molar-refractivity contribution in [3.05, 3.63) is 117 Å². The van der Waals surface area contributed by atoms with E-state index in [4.69, 9.17) is 23.2 Å². The van der Waals surface area contributed by atoms with Gasteiger partial charge in [-0.2, -0.15) is 0 Å². The molecular formula is C29H22Cl2N2O3S. The summed E-state index contributed by atoms with van der Waals surface area (Å²) in [6.07, 6.45) is 3.95. The SMILES string of the molecule is O=C(c1ccc(Sc2cccc(Cl)c2)c(C(=O)O)c1)c1ccc(NC(c2ccc(Cl)cc2)C2CC2)cn1. The van der Waals surface area contributed by atoms with Gasteiger partial charge in [-0.25, -0.2) is 4.79 Å². The van der Waals surface area contributed by atoms with Crippen LogP contribution in [0.2, 0.25) is 10.0 Å². The Morgan fingerprint density at radius 2 is 1.73 bits per heavy atom. The number of halogens is 2. The zero-order valence-electron chi connectivity index (χ0n) is 19.5. The molecule has 5 rings (SSSR count). The Morgan fingerprint density at radius 1 is 0.946 bits per heavy atom. The number of nitrogens with zero attached hydrogens (tertiary/aromatic N) is 1. The topological polar surface area (TPSA) is 79.3 Å². The number of anilines is 1. The monoisotopic (exact) mass is 548 g/mol. The van der Waals surface area contributed by atoms with Gasteiger partial charge in [0.2, 0.25) is 5.78 Å². The second-order valence-corrected chi connectivity index (χ2v) is 10.8. The molecule has 0 aliphatic heterocycles. The maximum absolute atomic E-state index is 13.1. The predicted octanol–water partition coefficient (Wildman–Crippen LogP) is 8.03. The van der Waals surface area contributed by atoms with Crippen LogP contribution in [0.4, 0.5) is 5.69 Å². The van der Waals surface area contributed by atoms with E-state index in [-0.39, 0.29) is 28.6 Å². The van der Waals surface area contributed by atoms with Gasteiger partial charge in [-0.1, -0.05) is 53.2 Å². The third-order valence-electron chi connectivity index (χ3n) is 6.14. The number of carbonyl (C=O) groups is 2. The molecule has 1 fully saturated rings. The van der Waals surface area contributed by atoms with Gasteiger partial charge in [0.25, 0.3) is 0 Å². The van der Waals surface area contributed by atoms with Crippen molar-refractivity contribution < 1.29 is 14.7 Å². The molecule has 0 spiro atoms. The normalized spacial score (nSPS) is 13.7. The standard InChI is InChI=1S/C29H22Cl2N2O3S/c30-20-9-6-18(7-10-20)27(17-4-5-17)33-22-11-12-25(32-16-22)28(34)19-8-13-26(24(14-19)29(35)36)37-23-3-1-2-21(31)15-23/h1-3,6-17,27,33H,4-5H2,(H,35,36). The Morgan fingerprint density at radius 3 is 2.38 bits per heavy atom. The largest absolute Gasteiger partial charge is 0.478 e. The van der Waals surface area contributed by atoms with E-state index in [1.165, 1.54) is 17.8 Å². The highest BCUT2D eigenvalue weighted by Gasteiger charge is 2.32. The summed E-state index contributed by atoms with van der Waals surface area (Å²) in [7, 11) is 0. The van der Waals surface area contributed by atoms with Gasteiger partial charge in [0.05, 0.1) is 23.5 Å². The molecule has 0 bridgehead atoms. The van der Waals surface area contributed by atoms with Crippen LogP contribution in [0.1, 0.15) is 50.9 Å². The van der Waals surface area contributed by atoms with Gasteiger partial charge >= 0.3 is 5.97 Å². The van der Waals surface area contributed by atoms with E-state index in [9.17, 15) is 14.7 Å². The highest BCUT2D eigenvalue weighted by Crippen LogP contribution is 2.43. The quantitative estimate of drug-likeness (QED) is 0.206. The van der Waals surface area contributed by atoms with Crippen LogP contribution in [0.25, 0.3) is 0 Å². The number of ketones is 1. The molecule has 5 nitrogen and oxygen atoms in total. The third-order valence-corrected chi connectivity index (χ3v) is 7.69. The van der Waals surface area contributed by atoms with E-state index in [1.54, 1.807) is 42.6 Å². The molecule has 1 saturated carbocycles. The average Bonchev–Trinajstić information content (AvgIpc) is 3.73. The number of carboxylic acid groups (broad SMARTS) is 1. The second-order valence-electron chi connectivity index (χ2n) is 8.85. The van der Waals surface area contributed by atoms with Crippen LogP contribution in [0.3, 0.4) is 0 Å². The smallest absolute Gasteiger partial charge is 0.336 e. The molecule has 1 aliphatic carbocycles. The van der Waals surface area contributed by atoms with E-state index < -0.39 is 5.97 Å². The number of carbonyl (C=O) groups excluding carboxylic acids is 1. The lowest BCUT2D eigenvalue weighted by molar-refractivity contribution is 0.0693. The minimum absolute atomic E-state index is 0.0457. The molecule has 1 atom stereocenters. The fourth-order valence-electron chi connectivity index (χ4n) is 4.10. The number of nitrogens with one attached hydrogen (secondary N) is 1. The van der Waals surface area contributed by atoms with Gasteiger partial charge in [0.1, 0.15) is 5.69 Å². The fraction of sp³-hybridized carbons (Fsp3) is 0.138. The summed E-state index contributed by atoms with van der Waals surface area (Å²) in [5.74, 6) is -0.912. The van der Waals surface area contributed by atoms with E-state index in [1.807, 2.05) is 36.4 Å². The number of benzene rings is 3. The van der Waals surface area contributed by atoms with Gasteiger partial charge in [-0.05, 0) is 85.0 Å². The first-order valence-electron chi connectivity index (χ1n) is 11.7. The maximum Gasteiger partial charge on any atom is 0.336 e. The molecule has 186 valence electrons. The number of pyridine rings is 1. The van der Waals surface area contributed by atoms with Crippen molar-refractivity contribution in [2.75, 3.05) is 5.32 Å². The van der Waals surface area contributed by atoms with Gasteiger partial charge in [0.15, 0.2) is 0 Å². The maximum atomic E-state index is 13.1. The highest BCUT2D eigenvalue weighted by molar-refractivity contribution is 7.99. The van der Waals surface area contributed by atoms with Gasteiger partial charge < -0.3 is 10.4 Å². The van der Waals surface area contributed by atoms with Crippen LogP contribution in [0.5, 0.6) is 0 Å². The van der Waals surface area contributed by atoms with Crippen LogP contribution in [0.15, 0.2) is 94.9 Å². The van der Waals surface area contributed by atoms with Crippen molar-refractivity contribution in [2.45, 2.75) is 28.7 Å². The highest BCUT2D eigenvalue weighted by atomic mass is 35.5. The van der Waals surface area contributed by atoms with Crippen molar-refractivity contribution in [3.63, 3.8) is 0 Å². The first-order chi connectivity index (χ1) is 17.9. The van der Waals surface area contributed by atoms with Crippen molar-refractivity contribution in [2.24, 2.45) is 5.92 Å². The Labute approximate surface area is 228 Å². The fourth-order valence-corrected chi connectivity index (χ4v) is 5.46. The van der Waals surface area contributed by atoms with Crippen molar-refractivity contribution >= 4 is 52.4 Å². The minimum atomic E-state index is -1.11. The molecule has 0 amide bonds.